The number of carboxylic acid groups (broad SMARTS) is 1. The first-order chi connectivity index (χ1) is 9.38. The number of nitrogens with zero attached hydrogens (tertiary/aromatic N) is 3. The molecule has 10 heteroatoms. The topological polar surface area (TPSA) is 115 Å². The average molecular weight is 360 g/mol. The molecular formula is C10H6BrN3O5S. The van der Waals surface area contributed by atoms with Crippen LogP contribution in [0.1, 0.15) is 15.5 Å². The molecule has 20 heavy (non-hydrogen) atoms. The summed E-state index contributed by atoms with van der Waals surface area (Å²) in [4.78, 5) is 36.4. The van der Waals surface area contributed by atoms with Gasteiger partial charge in [-0.25, -0.2) is 9.78 Å². The highest BCUT2D eigenvalue weighted by Crippen LogP contribution is 2.16. The molecule has 0 aliphatic heterocycles. The number of carboxylic acids is 1. The van der Waals surface area contributed by atoms with E-state index in [-0.39, 0.29) is 11.6 Å². The third-order valence-electron chi connectivity index (χ3n) is 2.30. The summed E-state index contributed by atoms with van der Waals surface area (Å²) >= 11 is 4.01. The first kappa shape index (κ1) is 14.3. The highest BCUT2D eigenvalue weighted by Gasteiger charge is 2.17. The van der Waals surface area contributed by atoms with E-state index in [2.05, 4.69) is 20.9 Å². The molecule has 0 aromatic carbocycles. The zero-order valence-corrected chi connectivity index (χ0v) is 12.0. The molecule has 0 radical (unpaired) electrons. The van der Waals surface area contributed by atoms with Crippen LogP contribution in [-0.4, -0.2) is 25.6 Å². The van der Waals surface area contributed by atoms with Gasteiger partial charge in [0.2, 0.25) is 5.01 Å². The minimum atomic E-state index is -1.16. The van der Waals surface area contributed by atoms with Crippen LogP contribution in [0.2, 0.25) is 0 Å². The van der Waals surface area contributed by atoms with Crippen molar-refractivity contribution in [3.8, 4) is 0 Å². The molecule has 2 heterocycles. The number of nitro groups is 1. The van der Waals surface area contributed by atoms with Crippen molar-refractivity contribution in [3.63, 3.8) is 0 Å². The van der Waals surface area contributed by atoms with Gasteiger partial charge in [0.1, 0.15) is 0 Å². The van der Waals surface area contributed by atoms with Gasteiger partial charge in [0.05, 0.1) is 17.2 Å². The van der Waals surface area contributed by atoms with E-state index in [1.165, 1.54) is 11.6 Å². The second-order valence-electron chi connectivity index (χ2n) is 3.68. The Morgan fingerprint density at radius 3 is 2.85 bits per heavy atom. The van der Waals surface area contributed by atoms with Crippen molar-refractivity contribution in [2.75, 3.05) is 0 Å². The summed E-state index contributed by atoms with van der Waals surface area (Å²) in [6.45, 7) is -0.0388. The van der Waals surface area contributed by atoms with Gasteiger partial charge in [-0.1, -0.05) is 0 Å². The molecule has 2 aromatic heterocycles. The monoisotopic (exact) mass is 359 g/mol. The van der Waals surface area contributed by atoms with Crippen LogP contribution >= 0.6 is 27.3 Å². The van der Waals surface area contributed by atoms with E-state index in [4.69, 9.17) is 5.11 Å². The quantitative estimate of drug-likeness (QED) is 0.656. The Balaban J connectivity index is 2.40. The summed E-state index contributed by atoms with van der Waals surface area (Å²) in [5, 5.41) is 20.9. The molecule has 0 bridgehead atoms. The predicted molar refractivity (Wildman–Crippen MR) is 73.2 cm³/mol. The largest absolute Gasteiger partial charge is 0.476 e. The minimum absolute atomic E-state index is 0.0388. The summed E-state index contributed by atoms with van der Waals surface area (Å²) in [5.74, 6) is -1.16. The maximum Gasteiger partial charge on any atom is 0.365 e. The number of aromatic carboxylic acids is 1. The zero-order chi connectivity index (χ0) is 14.9. The standard InChI is InChI=1S/C10H6BrN3O5S/c11-5-1-7(14(18)19)9(15)13(2-5)3-6-4-20-8(12-6)10(16)17/h1-2,4H,3H2,(H,16,17). The van der Waals surface area contributed by atoms with E-state index in [0.717, 1.165) is 22.0 Å². The van der Waals surface area contributed by atoms with E-state index in [0.29, 0.717) is 10.2 Å². The molecule has 104 valence electrons. The van der Waals surface area contributed by atoms with Gasteiger partial charge in [-0.15, -0.1) is 11.3 Å². The molecule has 0 fully saturated rings. The predicted octanol–water partition coefficient (Wildman–Crippen LogP) is 1.72. The van der Waals surface area contributed by atoms with Crippen molar-refractivity contribution in [3.05, 3.63) is 53.3 Å². The van der Waals surface area contributed by atoms with E-state index in [1.54, 1.807) is 0 Å². The lowest BCUT2D eigenvalue weighted by Gasteiger charge is -2.03. The second kappa shape index (κ2) is 5.51. The SMILES string of the molecule is O=C(O)c1nc(Cn2cc(Br)cc([N+](=O)[O-])c2=O)cs1. The number of hydrogen-bond donors (Lipinski definition) is 1. The molecule has 0 spiro atoms. The Bertz CT molecular complexity index is 754. The molecule has 0 saturated heterocycles. The normalized spacial score (nSPS) is 10.4. The van der Waals surface area contributed by atoms with Crippen molar-refractivity contribution in [2.24, 2.45) is 0 Å². The molecule has 0 atom stereocenters. The van der Waals surface area contributed by atoms with Crippen LogP contribution in [-0.2, 0) is 6.54 Å². The van der Waals surface area contributed by atoms with Crippen molar-refractivity contribution >= 4 is 38.9 Å². The van der Waals surface area contributed by atoms with E-state index >= 15 is 0 Å². The van der Waals surface area contributed by atoms with Crippen LogP contribution in [0, 0.1) is 10.1 Å². The smallest absolute Gasteiger partial charge is 0.365 e. The van der Waals surface area contributed by atoms with Crippen LogP contribution in [0.3, 0.4) is 0 Å². The Morgan fingerprint density at radius 2 is 2.30 bits per heavy atom. The molecule has 0 amide bonds. The van der Waals surface area contributed by atoms with E-state index in [1.807, 2.05) is 0 Å². The van der Waals surface area contributed by atoms with E-state index < -0.39 is 22.1 Å². The van der Waals surface area contributed by atoms with Gasteiger partial charge in [-0.05, 0) is 15.9 Å². The molecule has 2 rings (SSSR count). The van der Waals surface area contributed by atoms with Crippen molar-refractivity contribution in [1.82, 2.24) is 9.55 Å². The fraction of sp³-hybridized carbons (Fsp3) is 0.100. The van der Waals surface area contributed by atoms with Crippen molar-refractivity contribution in [2.45, 2.75) is 6.54 Å². The van der Waals surface area contributed by atoms with Crippen LogP contribution in [0.25, 0.3) is 0 Å². The summed E-state index contributed by atoms with van der Waals surface area (Å²) in [6, 6.07) is 1.11. The summed E-state index contributed by atoms with van der Waals surface area (Å²) in [6.07, 6.45) is 1.38. The van der Waals surface area contributed by atoms with Crippen molar-refractivity contribution < 1.29 is 14.8 Å². The molecule has 0 aliphatic carbocycles. The minimum Gasteiger partial charge on any atom is -0.476 e. The van der Waals surface area contributed by atoms with Crippen LogP contribution in [0.15, 0.2) is 26.9 Å². The van der Waals surface area contributed by atoms with E-state index in [9.17, 15) is 19.7 Å². The fourth-order valence-electron chi connectivity index (χ4n) is 1.48. The number of rotatable bonds is 4. The van der Waals surface area contributed by atoms with Gasteiger partial charge in [0.15, 0.2) is 0 Å². The number of hydrogen-bond acceptors (Lipinski definition) is 6. The summed E-state index contributed by atoms with van der Waals surface area (Å²) in [7, 11) is 0. The van der Waals surface area contributed by atoms with Crippen LogP contribution in [0.4, 0.5) is 5.69 Å². The number of pyridine rings is 1. The second-order valence-corrected chi connectivity index (χ2v) is 5.46. The Labute approximate surface area is 123 Å². The lowest BCUT2D eigenvalue weighted by molar-refractivity contribution is -0.386. The molecule has 2 aromatic rings. The number of halogens is 1. The lowest BCUT2D eigenvalue weighted by Crippen LogP contribution is -2.22. The lowest BCUT2D eigenvalue weighted by atomic mass is 10.4. The third kappa shape index (κ3) is 2.91. The third-order valence-corrected chi connectivity index (χ3v) is 3.61. The number of carbonyl (C=O) groups is 1. The molecular weight excluding hydrogens is 354 g/mol. The molecule has 0 aliphatic rings. The molecule has 8 nitrogen and oxygen atoms in total. The molecule has 0 unspecified atom stereocenters. The highest BCUT2D eigenvalue weighted by atomic mass is 79.9. The van der Waals surface area contributed by atoms with Crippen LogP contribution < -0.4 is 5.56 Å². The fourth-order valence-corrected chi connectivity index (χ4v) is 2.59. The molecule has 0 saturated carbocycles. The van der Waals surface area contributed by atoms with Crippen LogP contribution in [0.5, 0.6) is 0 Å². The van der Waals surface area contributed by atoms with Gasteiger partial charge >= 0.3 is 17.2 Å². The van der Waals surface area contributed by atoms with Gasteiger partial charge in [0, 0.05) is 22.1 Å². The maximum atomic E-state index is 11.9. The Morgan fingerprint density at radius 1 is 1.60 bits per heavy atom. The summed E-state index contributed by atoms with van der Waals surface area (Å²) in [5.41, 5.74) is -0.988. The Hall–Kier alpha value is -2.07. The molecule has 1 N–H and O–H groups in total. The number of aromatic nitrogens is 2. The van der Waals surface area contributed by atoms with Gasteiger partial charge in [-0.3, -0.25) is 14.9 Å². The van der Waals surface area contributed by atoms with Gasteiger partial charge in [0.25, 0.3) is 0 Å². The average Bonchev–Trinajstić information content (AvgIpc) is 2.81. The zero-order valence-electron chi connectivity index (χ0n) is 9.65. The van der Waals surface area contributed by atoms with Gasteiger partial charge in [-0.2, -0.15) is 0 Å². The first-order valence-corrected chi connectivity index (χ1v) is 6.78. The Kier molecular flexibility index (Phi) is 3.95. The number of thiazole rings is 1. The van der Waals surface area contributed by atoms with Crippen molar-refractivity contribution in [1.29, 1.82) is 0 Å². The summed E-state index contributed by atoms with van der Waals surface area (Å²) < 4.78 is 1.47. The van der Waals surface area contributed by atoms with Gasteiger partial charge < -0.3 is 9.67 Å². The highest BCUT2D eigenvalue weighted by molar-refractivity contribution is 9.10. The first-order valence-electron chi connectivity index (χ1n) is 5.10. The maximum absolute atomic E-state index is 11.9.